The van der Waals surface area contributed by atoms with Gasteiger partial charge in [0.1, 0.15) is 11.5 Å². The number of hydrogen-bond acceptors (Lipinski definition) is 5. The predicted octanol–water partition coefficient (Wildman–Crippen LogP) is 4.68. The van der Waals surface area contributed by atoms with Crippen molar-refractivity contribution >= 4 is 17.2 Å². The Bertz CT molecular complexity index is 950. The molecule has 0 spiro atoms. The summed E-state index contributed by atoms with van der Waals surface area (Å²) >= 11 is 1.64. The second-order valence-corrected chi connectivity index (χ2v) is 7.87. The fourth-order valence-corrected chi connectivity index (χ4v) is 3.86. The summed E-state index contributed by atoms with van der Waals surface area (Å²) in [6.07, 6.45) is 0. The Morgan fingerprint density at radius 1 is 1.06 bits per heavy atom. The van der Waals surface area contributed by atoms with E-state index in [1.165, 1.54) is 12.1 Å². The number of nitrogens with zero attached hydrogens (tertiary/aromatic N) is 1. The van der Waals surface area contributed by atoms with Crippen molar-refractivity contribution in [1.82, 2.24) is 10.2 Å². The van der Waals surface area contributed by atoms with Gasteiger partial charge in [0.2, 0.25) is 5.91 Å². The van der Waals surface area contributed by atoms with Crippen LogP contribution in [-0.4, -0.2) is 31.1 Å². The van der Waals surface area contributed by atoms with E-state index in [0.717, 1.165) is 21.8 Å². The largest absolute Gasteiger partial charge is 0.496 e. The van der Waals surface area contributed by atoms with Crippen molar-refractivity contribution < 1.29 is 23.0 Å². The lowest BCUT2D eigenvalue weighted by molar-refractivity contribution is -0.122. The van der Waals surface area contributed by atoms with E-state index in [9.17, 15) is 13.6 Å². The topological polar surface area (TPSA) is 50.8 Å². The number of hydrogen-bond donors (Lipinski definition) is 1. The maximum atomic E-state index is 12.6. The second-order valence-electron chi connectivity index (χ2n) is 6.84. The number of benzene rings is 2. The maximum absolute atomic E-state index is 12.6. The molecular weight excluding hydrogens is 422 g/mol. The zero-order chi connectivity index (χ0) is 22.1. The van der Waals surface area contributed by atoms with Crippen molar-refractivity contribution in [2.24, 2.45) is 0 Å². The van der Waals surface area contributed by atoms with Crippen LogP contribution in [0.1, 0.15) is 16.0 Å². The lowest BCUT2D eigenvalue weighted by Gasteiger charge is -2.22. The van der Waals surface area contributed by atoms with Crippen molar-refractivity contribution in [2.75, 3.05) is 13.7 Å². The molecule has 0 saturated heterocycles. The first-order chi connectivity index (χ1) is 15.0. The molecule has 0 bridgehead atoms. The van der Waals surface area contributed by atoms with Gasteiger partial charge < -0.3 is 14.8 Å². The number of thiophene rings is 1. The van der Waals surface area contributed by atoms with E-state index in [2.05, 4.69) is 15.0 Å². The lowest BCUT2D eigenvalue weighted by Crippen LogP contribution is -2.36. The van der Waals surface area contributed by atoms with Crippen molar-refractivity contribution in [3.8, 4) is 11.5 Å². The number of carbonyl (C=O) groups is 1. The van der Waals surface area contributed by atoms with Gasteiger partial charge in [-0.25, -0.2) is 0 Å². The molecule has 1 aromatic heterocycles. The summed E-state index contributed by atoms with van der Waals surface area (Å²) in [4.78, 5) is 15.8. The van der Waals surface area contributed by atoms with Gasteiger partial charge in [-0.2, -0.15) is 8.78 Å². The number of nitrogens with one attached hydrogen (secondary N) is 1. The van der Waals surface area contributed by atoms with Gasteiger partial charge in [0.05, 0.1) is 13.7 Å². The molecule has 1 heterocycles. The van der Waals surface area contributed by atoms with Crippen molar-refractivity contribution in [3.05, 3.63) is 82.0 Å². The fourth-order valence-electron chi connectivity index (χ4n) is 3.11. The molecule has 0 aliphatic carbocycles. The Balaban J connectivity index is 1.59. The van der Waals surface area contributed by atoms with E-state index in [4.69, 9.17) is 4.74 Å². The van der Waals surface area contributed by atoms with E-state index < -0.39 is 6.61 Å². The number of para-hydroxylation sites is 1. The molecule has 5 nitrogen and oxygen atoms in total. The molecule has 8 heteroatoms. The Labute approximate surface area is 184 Å². The molecule has 3 aromatic rings. The SMILES string of the molecule is COc1ccccc1CN(CC(=O)NCc1ccc(OC(F)F)cc1)Cc1cccs1. The summed E-state index contributed by atoms with van der Waals surface area (Å²) in [5.41, 5.74) is 1.80. The van der Waals surface area contributed by atoms with E-state index in [0.29, 0.717) is 19.6 Å². The molecule has 0 aliphatic rings. The van der Waals surface area contributed by atoms with Gasteiger partial charge in [0, 0.05) is 30.1 Å². The van der Waals surface area contributed by atoms with Gasteiger partial charge in [-0.1, -0.05) is 36.4 Å². The Morgan fingerprint density at radius 2 is 1.84 bits per heavy atom. The van der Waals surface area contributed by atoms with Gasteiger partial charge in [0.15, 0.2) is 0 Å². The second kappa shape index (κ2) is 11.4. The van der Waals surface area contributed by atoms with Crippen LogP contribution in [0.2, 0.25) is 0 Å². The fraction of sp³-hybridized carbons (Fsp3) is 0.261. The van der Waals surface area contributed by atoms with Crippen LogP contribution in [0.3, 0.4) is 0 Å². The first kappa shape index (κ1) is 22.7. The molecule has 31 heavy (non-hydrogen) atoms. The zero-order valence-electron chi connectivity index (χ0n) is 17.1. The minimum absolute atomic E-state index is 0.0870. The average Bonchev–Trinajstić information content (AvgIpc) is 3.26. The number of alkyl halides is 2. The third-order valence-electron chi connectivity index (χ3n) is 4.55. The Kier molecular flexibility index (Phi) is 8.37. The highest BCUT2D eigenvalue weighted by Gasteiger charge is 2.15. The summed E-state index contributed by atoms with van der Waals surface area (Å²) in [5, 5.41) is 4.90. The molecule has 1 amide bonds. The number of halogens is 2. The average molecular weight is 447 g/mol. The minimum atomic E-state index is -2.86. The number of rotatable bonds is 11. The maximum Gasteiger partial charge on any atom is 0.387 e. The highest BCUT2D eigenvalue weighted by Crippen LogP contribution is 2.21. The van der Waals surface area contributed by atoms with Gasteiger partial charge in [0.25, 0.3) is 0 Å². The third-order valence-corrected chi connectivity index (χ3v) is 5.41. The number of amides is 1. The standard InChI is InChI=1S/C23H24F2N2O3S/c1-29-21-7-3-2-5-18(21)14-27(15-20-6-4-12-31-20)16-22(28)26-13-17-8-10-19(11-9-17)30-23(24)25/h2-12,23H,13-16H2,1H3,(H,26,28). The molecule has 3 rings (SSSR count). The molecule has 0 radical (unpaired) electrons. The quantitative estimate of drug-likeness (QED) is 0.465. The van der Waals surface area contributed by atoms with E-state index >= 15 is 0 Å². The molecule has 0 fully saturated rings. The number of ether oxygens (including phenoxy) is 2. The van der Waals surface area contributed by atoms with Crippen LogP contribution >= 0.6 is 11.3 Å². The van der Waals surface area contributed by atoms with Crippen LogP contribution < -0.4 is 14.8 Å². The monoisotopic (exact) mass is 446 g/mol. The summed E-state index contributed by atoms with van der Waals surface area (Å²) in [7, 11) is 1.63. The smallest absolute Gasteiger partial charge is 0.387 e. The van der Waals surface area contributed by atoms with Crippen molar-refractivity contribution in [3.63, 3.8) is 0 Å². The predicted molar refractivity (Wildman–Crippen MR) is 116 cm³/mol. The highest BCUT2D eigenvalue weighted by molar-refractivity contribution is 7.09. The van der Waals surface area contributed by atoms with E-state index in [1.807, 2.05) is 41.8 Å². The molecule has 0 saturated carbocycles. The van der Waals surface area contributed by atoms with Crippen LogP contribution in [0, 0.1) is 0 Å². The molecule has 0 atom stereocenters. The molecule has 1 N–H and O–H groups in total. The normalized spacial score (nSPS) is 11.0. The number of carbonyl (C=O) groups excluding carboxylic acids is 1. The van der Waals surface area contributed by atoms with Gasteiger partial charge in [-0.15, -0.1) is 11.3 Å². The first-order valence-corrected chi connectivity index (χ1v) is 10.6. The van der Waals surface area contributed by atoms with Crippen LogP contribution in [0.4, 0.5) is 8.78 Å². The highest BCUT2D eigenvalue weighted by atomic mass is 32.1. The van der Waals surface area contributed by atoms with E-state index in [1.54, 1.807) is 30.6 Å². The van der Waals surface area contributed by atoms with Gasteiger partial charge in [-0.05, 0) is 35.2 Å². The van der Waals surface area contributed by atoms with Crippen LogP contribution in [-0.2, 0) is 24.4 Å². The van der Waals surface area contributed by atoms with Crippen LogP contribution in [0.5, 0.6) is 11.5 Å². The Hall–Kier alpha value is -2.97. The minimum Gasteiger partial charge on any atom is -0.496 e. The van der Waals surface area contributed by atoms with Crippen molar-refractivity contribution in [1.29, 1.82) is 0 Å². The summed E-state index contributed by atoms with van der Waals surface area (Å²) in [6.45, 7) is -1.14. The van der Waals surface area contributed by atoms with Crippen LogP contribution in [0.15, 0.2) is 66.0 Å². The molecule has 0 unspecified atom stereocenters. The van der Waals surface area contributed by atoms with Crippen molar-refractivity contribution in [2.45, 2.75) is 26.2 Å². The first-order valence-electron chi connectivity index (χ1n) is 9.70. The molecule has 2 aromatic carbocycles. The number of methoxy groups -OCH3 is 1. The summed E-state index contributed by atoms with van der Waals surface area (Å²) in [5.74, 6) is 0.744. The lowest BCUT2D eigenvalue weighted by atomic mass is 10.2. The third kappa shape index (κ3) is 7.34. The van der Waals surface area contributed by atoms with Gasteiger partial charge in [-0.3, -0.25) is 9.69 Å². The molecule has 164 valence electrons. The summed E-state index contributed by atoms with van der Waals surface area (Å²) in [6, 6.07) is 18.0. The van der Waals surface area contributed by atoms with Gasteiger partial charge >= 0.3 is 6.61 Å². The molecule has 0 aliphatic heterocycles. The zero-order valence-corrected chi connectivity index (χ0v) is 17.9. The van der Waals surface area contributed by atoms with Crippen LogP contribution in [0.25, 0.3) is 0 Å². The van der Waals surface area contributed by atoms with E-state index in [-0.39, 0.29) is 18.2 Å². The summed E-state index contributed by atoms with van der Waals surface area (Å²) < 4.78 is 34.3. The Morgan fingerprint density at radius 3 is 2.52 bits per heavy atom. The molecular formula is C23H24F2N2O3S.